The van der Waals surface area contributed by atoms with E-state index >= 15 is 0 Å². The maximum atomic E-state index is 13.3. The Labute approximate surface area is 197 Å². The van der Waals surface area contributed by atoms with Crippen molar-refractivity contribution in [3.8, 4) is 0 Å². The Balaban J connectivity index is 1.35. The van der Waals surface area contributed by atoms with Crippen LogP contribution in [0.15, 0.2) is 18.2 Å². The van der Waals surface area contributed by atoms with Gasteiger partial charge in [0.1, 0.15) is 0 Å². The molecule has 0 bridgehead atoms. The van der Waals surface area contributed by atoms with Crippen molar-refractivity contribution in [1.29, 1.82) is 0 Å². The molecule has 3 saturated heterocycles. The Hall–Kier alpha value is -1.35. The summed E-state index contributed by atoms with van der Waals surface area (Å²) in [6.07, 6.45) is 3.31. The van der Waals surface area contributed by atoms with Crippen LogP contribution in [0.3, 0.4) is 0 Å². The first-order chi connectivity index (χ1) is 15.3. The first-order valence-corrected chi connectivity index (χ1v) is 13.6. The van der Waals surface area contributed by atoms with Crippen molar-refractivity contribution in [2.75, 3.05) is 57.3 Å². The number of benzene rings is 1. The molecular weight excluding hydrogens is 448 g/mol. The number of amides is 1. The minimum atomic E-state index is -3.48. The molecule has 7 nitrogen and oxygen atoms in total. The molecule has 0 radical (unpaired) electrons. The van der Waals surface area contributed by atoms with Crippen LogP contribution < -0.4 is 4.90 Å². The molecule has 1 aromatic rings. The summed E-state index contributed by atoms with van der Waals surface area (Å²) >= 11 is 6.18. The molecule has 1 aromatic carbocycles. The number of anilines is 1. The number of rotatable bonds is 4. The van der Waals surface area contributed by atoms with Gasteiger partial charge in [-0.25, -0.2) is 0 Å². The standard InChI is InChI=1S/C23H35ClN4O3S/c1-18-7-10-27(11-8-18)32(30,31)28-9-3-4-20(17-28)23(29)26-14-12-25(13-15-26)22-16-21(24)6-5-19(22)2/h5-6,16,18,20H,3-4,7-15,17H2,1-2H3/t20-/m1/s1. The van der Waals surface area contributed by atoms with Gasteiger partial charge in [0.15, 0.2) is 0 Å². The van der Waals surface area contributed by atoms with Crippen molar-refractivity contribution >= 4 is 33.4 Å². The minimum absolute atomic E-state index is 0.0969. The number of carbonyl (C=O) groups excluding carboxylic acids is 1. The maximum absolute atomic E-state index is 13.3. The van der Waals surface area contributed by atoms with Crippen LogP contribution >= 0.6 is 11.6 Å². The number of hydrogen-bond acceptors (Lipinski definition) is 4. The lowest BCUT2D eigenvalue weighted by Crippen LogP contribution is -2.55. The van der Waals surface area contributed by atoms with Crippen LogP contribution in [0.5, 0.6) is 0 Å². The summed E-state index contributed by atoms with van der Waals surface area (Å²) < 4.78 is 29.5. The molecule has 0 N–H and O–H groups in total. The first kappa shape index (κ1) is 23.8. The lowest BCUT2D eigenvalue weighted by Gasteiger charge is -2.41. The molecule has 3 aliphatic rings. The van der Waals surface area contributed by atoms with Crippen LogP contribution in [0.2, 0.25) is 5.02 Å². The lowest BCUT2D eigenvalue weighted by molar-refractivity contribution is -0.137. The predicted octanol–water partition coefficient (Wildman–Crippen LogP) is 2.99. The fourth-order valence-corrected chi connectivity index (χ4v) is 6.97. The Morgan fingerprint density at radius 3 is 2.34 bits per heavy atom. The van der Waals surface area contributed by atoms with Gasteiger partial charge in [-0.1, -0.05) is 24.6 Å². The molecule has 1 amide bonds. The highest BCUT2D eigenvalue weighted by Crippen LogP contribution is 2.28. The highest BCUT2D eigenvalue weighted by molar-refractivity contribution is 7.86. The fourth-order valence-electron chi connectivity index (χ4n) is 5.08. The smallest absolute Gasteiger partial charge is 0.281 e. The number of nitrogens with zero attached hydrogens (tertiary/aromatic N) is 4. The van der Waals surface area contributed by atoms with Gasteiger partial charge in [0, 0.05) is 63.1 Å². The molecule has 3 aliphatic heterocycles. The quantitative estimate of drug-likeness (QED) is 0.661. The van der Waals surface area contributed by atoms with E-state index in [0.717, 1.165) is 49.5 Å². The third kappa shape index (κ3) is 5.08. The molecule has 0 aromatic heterocycles. The molecule has 0 spiro atoms. The van der Waals surface area contributed by atoms with Crippen LogP contribution in [0.1, 0.15) is 38.2 Å². The van der Waals surface area contributed by atoms with Crippen LogP contribution in [0.4, 0.5) is 5.69 Å². The molecule has 4 rings (SSSR count). The van der Waals surface area contributed by atoms with Crippen LogP contribution in [0, 0.1) is 18.8 Å². The van der Waals surface area contributed by atoms with Gasteiger partial charge in [0.25, 0.3) is 10.2 Å². The highest BCUT2D eigenvalue weighted by atomic mass is 35.5. The molecule has 3 heterocycles. The average Bonchev–Trinajstić information content (AvgIpc) is 2.81. The van der Waals surface area contributed by atoms with Crippen molar-refractivity contribution in [2.45, 2.75) is 39.5 Å². The van der Waals surface area contributed by atoms with E-state index in [0.29, 0.717) is 45.2 Å². The van der Waals surface area contributed by atoms with E-state index in [-0.39, 0.29) is 11.8 Å². The largest absolute Gasteiger partial charge is 0.368 e. The molecule has 0 saturated carbocycles. The highest BCUT2D eigenvalue weighted by Gasteiger charge is 2.38. The molecule has 0 aliphatic carbocycles. The average molecular weight is 483 g/mol. The normalized spacial score (nSPS) is 24.7. The second-order valence-corrected chi connectivity index (χ2v) is 11.9. The van der Waals surface area contributed by atoms with Crippen molar-refractivity contribution in [3.05, 3.63) is 28.8 Å². The van der Waals surface area contributed by atoms with E-state index in [4.69, 9.17) is 11.6 Å². The van der Waals surface area contributed by atoms with Gasteiger partial charge in [0.2, 0.25) is 5.91 Å². The van der Waals surface area contributed by atoms with Gasteiger partial charge in [-0.3, -0.25) is 4.79 Å². The summed E-state index contributed by atoms with van der Waals surface area (Å²) in [5, 5.41) is 0.718. The van der Waals surface area contributed by atoms with E-state index in [1.54, 1.807) is 8.61 Å². The number of hydrogen-bond donors (Lipinski definition) is 0. The second kappa shape index (κ2) is 9.87. The van der Waals surface area contributed by atoms with E-state index in [9.17, 15) is 13.2 Å². The SMILES string of the molecule is Cc1ccc(Cl)cc1N1CCN(C(=O)[C@@H]2CCCN(S(=O)(=O)N3CCC(C)CC3)C2)CC1. The van der Waals surface area contributed by atoms with Gasteiger partial charge < -0.3 is 9.80 Å². The van der Waals surface area contributed by atoms with Crippen molar-refractivity contribution in [2.24, 2.45) is 11.8 Å². The lowest BCUT2D eigenvalue weighted by atomic mass is 9.97. The Kier molecular flexibility index (Phi) is 7.34. The minimum Gasteiger partial charge on any atom is -0.368 e. The van der Waals surface area contributed by atoms with Crippen LogP contribution in [0.25, 0.3) is 0 Å². The summed E-state index contributed by atoms with van der Waals surface area (Å²) in [5.74, 6) is 0.424. The molecule has 32 heavy (non-hydrogen) atoms. The predicted molar refractivity (Wildman–Crippen MR) is 128 cm³/mol. The van der Waals surface area contributed by atoms with E-state index < -0.39 is 10.2 Å². The zero-order chi connectivity index (χ0) is 22.9. The van der Waals surface area contributed by atoms with Crippen LogP contribution in [-0.4, -0.2) is 80.2 Å². The molecule has 9 heteroatoms. The summed E-state index contributed by atoms with van der Waals surface area (Å²) in [6.45, 7) is 9.06. The van der Waals surface area contributed by atoms with Gasteiger partial charge in [-0.15, -0.1) is 0 Å². The Morgan fingerprint density at radius 1 is 0.969 bits per heavy atom. The zero-order valence-electron chi connectivity index (χ0n) is 19.2. The second-order valence-electron chi connectivity index (χ2n) is 9.53. The summed E-state index contributed by atoms with van der Waals surface area (Å²) in [4.78, 5) is 17.5. The van der Waals surface area contributed by atoms with E-state index in [1.165, 1.54) is 5.56 Å². The summed E-state index contributed by atoms with van der Waals surface area (Å²) in [6, 6.07) is 5.91. The Bertz CT molecular complexity index is 925. The fraction of sp³-hybridized carbons (Fsp3) is 0.696. The van der Waals surface area contributed by atoms with E-state index in [1.807, 2.05) is 23.1 Å². The van der Waals surface area contributed by atoms with Gasteiger partial charge in [-0.2, -0.15) is 17.0 Å². The number of piperazine rings is 1. The molecule has 0 unspecified atom stereocenters. The summed E-state index contributed by atoms with van der Waals surface area (Å²) in [5.41, 5.74) is 2.30. The monoisotopic (exact) mass is 482 g/mol. The van der Waals surface area contributed by atoms with E-state index in [2.05, 4.69) is 18.7 Å². The molecule has 178 valence electrons. The third-order valence-electron chi connectivity index (χ3n) is 7.23. The zero-order valence-corrected chi connectivity index (χ0v) is 20.7. The molecular formula is C23H35ClN4O3S. The van der Waals surface area contributed by atoms with Gasteiger partial charge >= 0.3 is 0 Å². The van der Waals surface area contributed by atoms with Crippen molar-refractivity contribution in [3.63, 3.8) is 0 Å². The van der Waals surface area contributed by atoms with Gasteiger partial charge in [0.05, 0.1) is 5.92 Å². The number of halogens is 1. The summed E-state index contributed by atoms with van der Waals surface area (Å²) in [7, 11) is -3.48. The first-order valence-electron chi connectivity index (χ1n) is 11.8. The number of aryl methyl sites for hydroxylation is 1. The number of carbonyl (C=O) groups is 1. The van der Waals surface area contributed by atoms with Gasteiger partial charge in [-0.05, 0) is 56.2 Å². The molecule has 1 atom stereocenters. The Morgan fingerprint density at radius 2 is 1.66 bits per heavy atom. The van der Waals surface area contributed by atoms with Crippen LogP contribution in [-0.2, 0) is 15.0 Å². The number of piperidine rings is 2. The van der Waals surface area contributed by atoms with Crippen molar-refractivity contribution < 1.29 is 13.2 Å². The third-order valence-corrected chi connectivity index (χ3v) is 9.47. The topological polar surface area (TPSA) is 64.2 Å². The molecule has 3 fully saturated rings. The van der Waals surface area contributed by atoms with Crippen molar-refractivity contribution in [1.82, 2.24) is 13.5 Å². The maximum Gasteiger partial charge on any atom is 0.281 e.